The van der Waals surface area contributed by atoms with E-state index in [0.29, 0.717) is 22.3 Å². The fraction of sp³-hybridized carbons (Fsp3) is 0.385. The minimum atomic E-state index is -0.630. The van der Waals surface area contributed by atoms with Crippen molar-refractivity contribution in [2.24, 2.45) is 5.41 Å². The smallest absolute Gasteiger partial charge is 0.326 e. The summed E-state index contributed by atoms with van der Waals surface area (Å²) in [7, 11) is 1.67. The van der Waals surface area contributed by atoms with Gasteiger partial charge in [-0.15, -0.1) is 0 Å². The van der Waals surface area contributed by atoms with Crippen molar-refractivity contribution in [1.82, 2.24) is 4.90 Å². The molecule has 1 aliphatic heterocycles. The van der Waals surface area contributed by atoms with Gasteiger partial charge in [0.2, 0.25) is 5.91 Å². The Balaban J connectivity index is 2.48. The first-order valence-corrected chi connectivity index (χ1v) is 6.54. The van der Waals surface area contributed by atoms with E-state index in [1.807, 2.05) is 13.8 Å². The summed E-state index contributed by atoms with van der Waals surface area (Å²) in [5, 5.41) is 0.695. The topological polar surface area (TPSA) is 40.6 Å². The SMILES string of the molecule is CN1CC(C)(C)C(=O)N(c2ccc(Cl)c(Cl)c2)C1=O. The van der Waals surface area contributed by atoms with Crippen LogP contribution in [0.25, 0.3) is 0 Å². The van der Waals surface area contributed by atoms with Gasteiger partial charge >= 0.3 is 6.03 Å². The first-order valence-electron chi connectivity index (χ1n) is 5.79. The summed E-state index contributed by atoms with van der Waals surface area (Å²) in [6.45, 7) is 4.01. The van der Waals surface area contributed by atoms with Crippen molar-refractivity contribution in [2.45, 2.75) is 13.8 Å². The maximum Gasteiger partial charge on any atom is 0.331 e. The summed E-state index contributed by atoms with van der Waals surface area (Å²) in [4.78, 5) is 27.2. The Hall–Kier alpha value is -1.26. The van der Waals surface area contributed by atoms with Crippen molar-refractivity contribution in [3.63, 3.8) is 0 Å². The molecule has 19 heavy (non-hydrogen) atoms. The lowest BCUT2D eigenvalue weighted by Crippen LogP contribution is -2.59. The van der Waals surface area contributed by atoms with Gasteiger partial charge in [0.1, 0.15) is 0 Å². The van der Waals surface area contributed by atoms with Gasteiger partial charge < -0.3 is 4.90 Å². The number of imide groups is 1. The van der Waals surface area contributed by atoms with E-state index in [9.17, 15) is 9.59 Å². The van der Waals surface area contributed by atoms with Crippen LogP contribution in [-0.2, 0) is 4.79 Å². The molecule has 1 aromatic rings. The number of rotatable bonds is 1. The summed E-state index contributed by atoms with van der Waals surface area (Å²) in [5.41, 5.74) is -0.196. The number of urea groups is 1. The van der Waals surface area contributed by atoms with E-state index in [1.165, 1.54) is 11.0 Å². The Labute approximate surface area is 121 Å². The van der Waals surface area contributed by atoms with Gasteiger partial charge in [-0.1, -0.05) is 23.2 Å². The Morgan fingerprint density at radius 1 is 1.16 bits per heavy atom. The maximum atomic E-state index is 12.4. The molecule has 0 spiro atoms. The minimum Gasteiger partial charge on any atom is -0.326 e. The number of carbonyl (C=O) groups excluding carboxylic acids is 2. The molecule has 4 nitrogen and oxygen atoms in total. The number of anilines is 1. The lowest BCUT2D eigenvalue weighted by Gasteiger charge is -2.40. The third kappa shape index (κ3) is 2.42. The highest BCUT2D eigenvalue weighted by molar-refractivity contribution is 6.42. The molecule has 0 unspecified atom stereocenters. The molecule has 0 radical (unpaired) electrons. The molecular formula is C13H14Cl2N2O2. The highest BCUT2D eigenvalue weighted by Gasteiger charge is 2.43. The highest BCUT2D eigenvalue weighted by Crippen LogP contribution is 2.33. The van der Waals surface area contributed by atoms with Gasteiger partial charge in [-0.2, -0.15) is 0 Å². The van der Waals surface area contributed by atoms with Crippen LogP contribution >= 0.6 is 23.2 Å². The lowest BCUT2D eigenvalue weighted by atomic mass is 9.89. The number of hydrogen-bond acceptors (Lipinski definition) is 2. The predicted octanol–water partition coefficient (Wildman–Crippen LogP) is 3.42. The first kappa shape index (κ1) is 14.2. The minimum absolute atomic E-state index is 0.242. The molecule has 2 rings (SSSR count). The van der Waals surface area contributed by atoms with E-state index in [0.717, 1.165) is 4.90 Å². The first-order chi connectivity index (χ1) is 8.74. The monoisotopic (exact) mass is 300 g/mol. The second-order valence-electron chi connectivity index (χ2n) is 5.26. The van der Waals surface area contributed by atoms with Gasteiger partial charge in [0.05, 0.1) is 21.1 Å². The Kier molecular flexibility index (Phi) is 3.49. The molecule has 1 fully saturated rings. The van der Waals surface area contributed by atoms with Crippen molar-refractivity contribution in [3.05, 3.63) is 28.2 Å². The van der Waals surface area contributed by atoms with Crippen LogP contribution in [0, 0.1) is 5.41 Å². The molecule has 102 valence electrons. The number of amides is 3. The van der Waals surface area contributed by atoms with Crippen LogP contribution in [0.1, 0.15) is 13.8 Å². The highest BCUT2D eigenvalue weighted by atomic mass is 35.5. The van der Waals surface area contributed by atoms with Crippen molar-refractivity contribution >= 4 is 40.8 Å². The normalized spacial score (nSPS) is 19.0. The van der Waals surface area contributed by atoms with Gasteiger partial charge in [-0.05, 0) is 32.0 Å². The Morgan fingerprint density at radius 2 is 1.79 bits per heavy atom. The van der Waals surface area contributed by atoms with Crippen molar-refractivity contribution in [1.29, 1.82) is 0 Å². The molecule has 3 amide bonds. The zero-order valence-corrected chi connectivity index (χ0v) is 12.4. The number of nitrogens with zero attached hydrogens (tertiary/aromatic N) is 2. The van der Waals surface area contributed by atoms with Crippen molar-refractivity contribution < 1.29 is 9.59 Å². The van der Waals surface area contributed by atoms with Crippen LogP contribution in [0.3, 0.4) is 0 Å². The zero-order valence-electron chi connectivity index (χ0n) is 10.9. The van der Waals surface area contributed by atoms with Crippen LogP contribution in [0.5, 0.6) is 0 Å². The zero-order chi connectivity index (χ0) is 14.4. The molecule has 0 bridgehead atoms. The number of hydrogen-bond donors (Lipinski definition) is 0. The second kappa shape index (κ2) is 4.69. The quantitative estimate of drug-likeness (QED) is 0.797. The van der Waals surface area contributed by atoms with Gasteiger partial charge in [0.25, 0.3) is 0 Å². The van der Waals surface area contributed by atoms with E-state index in [2.05, 4.69) is 0 Å². The number of halogens is 2. The predicted molar refractivity (Wildman–Crippen MR) is 75.8 cm³/mol. The third-order valence-electron chi connectivity index (χ3n) is 3.09. The standard InChI is InChI=1S/C13H14Cl2N2O2/c1-13(2)7-16(3)12(19)17(11(13)18)8-4-5-9(14)10(15)6-8/h4-6H,7H2,1-3H3. The van der Waals surface area contributed by atoms with Crippen LogP contribution in [0.2, 0.25) is 10.0 Å². The van der Waals surface area contributed by atoms with Crippen molar-refractivity contribution in [3.8, 4) is 0 Å². The van der Waals surface area contributed by atoms with Crippen LogP contribution in [0.4, 0.5) is 10.5 Å². The fourth-order valence-electron chi connectivity index (χ4n) is 2.14. The van der Waals surface area contributed by atoms with E-state index < -0.39 is 5.41 Å². The van der Waals surface area contributed by atoms with Crippen LogP contribution in [-0.4, -0.2) is 30.4 Å². The summed E-state index contributed by atoms with van der Waals surface area (Å²) >= 11 is 11.8. The molecule has 0 aromatic heterocycles. The van der Waals surface area contributed by atoms with Crippen LogP contribution in [0.15, 0.2) is 18.2 Å². The van der Waals surface area contributed by atoms with E-state index >= 15 is 0 Å². The molecule has 1 heterocycles. The molecule has 1 saturated heterocycles. The maximum absolute atomic E-state index is 12.4. The van der Waals surface area contributed by atoms with Gasteiger partial charge in [-0.25, -0.2) is 9.69 Å². The van der Waals surface area contributed by atoms with Crippen LogP contribution < -0.4 is 4.90 Å². The fourth-order valence-corrected chi connectivity index (χ4v) is 2.43. The average Bonchev–Trinajstić information content (AvgIpc) is 2.31. The number of carbonyl (C=O) groups is 2. The molecule has 0 aliphatic carbocycles. The molecular weight excluding hydrogens is 287 g/mol. The summed E-state index contributed by atoms with van der Waals surface area (Å²) in [5.74, 6) is -0.242. The molecule has 0 N–H and O–H groups in total. The molecule has 1 aliphatic rings. The average molecular weight is 301 g/mol. The van der Waals surface area contributed by atoms with Crippen molar-refractivity contribution in [2.75, 3.05) is 18.5 Å². The van der Waals surface area contributed by atoms with E-state index in [4.69, 9.17) is 23.2 Å². The Morgan fingerprint density at radius 3 is 2.37 bits per heavy atom. The summed E-state index contributed by atoms with van der Waals surface area (Å²) in [6.07, 6.45) is 0. The Bertz CT molecular complexity index is 558. The molecule has 0 atom stereocenters. The number of benzene rings is 1. The largest absolute Gasteiger partial charge is 0.331 e. The summed E-state index contributed by atoms with van der Waals surface area (Å²) in [6, 6.07) is 4.35. The third-order valence-corrected chi connectivity index (χ3v) is 3.83. The van der Waals surface area contributed by atoms with E-state index in [-0.39, 0.29) is 11.9 Å². The van der Waals surface area contributed by atoms with Gasteiger partial charge in [0.15, 0.2) is 0 Å². The summed E-state index contributed by atoms with van der Waals surface area (Å²) < 4.78 is 0. The molecule has 1 aromatic carbocycles. The lowest BCUT2D eigenvalue weighted by molar-refractivity contribution is -0.127. The van der Waals surface area contributed by atoms with Gasteiger partial charge in [0, 0.05) is 13.6 Å². The van der Waals surface area contributed by atoms with E-state index in [1.54, 1.807) is 19.2 Å². The molecule has 6 heteroatoms. The second-order valence-corrected chi connectivity index (χ2v) is 6.08. The molecule has 0 saturated carbocycles. The van der Waals surface area contributed by atoms with Gasteiger partial charge in [-0.3, -0.25) is 4.79 Å².